The topological polar surface area (TPSA) is 68.3 Å². The Balaban J connectivity index is 1.91. The van der Waals surface area contributed by atoms with Crippen molar-refractivity contribution < 1.29 is 13.2 Å². The Hall–Kier alpha value is -1.50. The molecule has 0 spiro atoms. The van der Waals surface area contributed by atoms with Crippen molar-refractivity contribution in [3.8, 4) is 0 Å². The van der Waals surface area contributed by atoms with E-state index in [0.29, 0.717) is 25.3 Å². The first kappa shape index (κ1) is 14.4. The molecule has 1 aliphatic rings. The van der Waals surface area contributed by atoms with E-state index in [4.69, 9.17) is 4.74 Å². The van der Waals surface area contributed by atoms with Crippen molar-refractivity contribution in [1.29, 1.82) is 0 Å². The van der Waals surface area contributed by atoms with Crippen LogP contribution in [0.4, 0.5) is 0 Å². The molecule has 112 valence electrons. The molecule has 0 saturated carbocycles. The molecule has 1 fully saturated rings. The smallest absolute Gasteiger partial charge is 0.242 e. The molecule has 3 rings (SSSR count). The predicted molar refractivity (Wildman–Crippen MR) is 80.6 cm³/mol. The van der Waals surface area contributed by atoms with Crippen molar-refractivity contribution >= 4 is 20.9 Å². The molecule has 1 aromatic carbocycles. The van der Waals surface area contributed by atoms with E-state index < -0.39 is 10.0 Å². The maximum Gasteiger partial charge on any atom is 0.242 e. The van der Waals surface area contributed by atoms with E-state index in [1.807, 2.05) is 19.1 Å². The molecule has 0 bridgehead atoms. The summed E-state index contributed by atoms with van der Waals surface area (Å²) in [7, 11) is -3.56. The van der Waals surface area contributed by atoms with Crippen LogP contribution in [0.25, 0.3) is 10.9 Å². The van der Waals surface area contributed by atoms with Crippen LogP contribution < -0.4 is 4.72 Å². The largest absolute Gasteiger partial charge is 0.381 e. The maximum absolute atomic E-state index is 12.5. The minimum Gasteiger partial charge on any atom is -0.381 e. The second kappa shape index (κ2) is 5.71. The van der Waals surface area contributed by atoms with E-state index in [1.54, 1.807) is 18.3 Å². The number of aromatic nitrogens is 1. The number of aryl methyl sites for hydroxylation is 1. The van der Waals surface area contributed by atoms with Crippen molar-refractivity contribution in [3.63, 3.8) is 0 Å². The highest BCUT2D eigenvalue weighted by molar-refractivity contribution is 7.89. The minimum absolute atomic E-state index is 0.235. The normalized spacial score (nSPS) is 19.2. The Morgan fingerprint density at radius 3 is 3.05 bits per heavy atom. The Labute approximate surface area is 124 Å². The van der Waals surface area contributed by atoms with Crippen molar-refractivity contribution in [2.45, 2.75) is 18.2 Å². The number of sulfonamides is 1. The van der Waals surface area contributed by atoms with Crippen LogP contribution in [0, 0.1) is 12.8 Å². The SMILES string of the molecule is Cc1cnc2c(S(=O)(=O)NC[C@H]3CCOC3)cccc2c1. The van der Waals surface area contributed by atoms with Gasteiger partial charge in [-0.2, -0.15) is 0 Å². The highest BCUT2D eigenvalue weighted by Gasteiger charge is 2.22. The molecule has 5 nitrogen and oxygen atoms in total. The Kier molecular flexibility index (Phi) is 3.93. The van der Waals surface area contributed by atoms with Gasteiger partial charge in [-0.1, -0.05) is 12.1 Å². The zero-order valence-electron chi connectivity index (χ0n) is 11.9. The maximum atomic E-state index is 12.5. The predicted octanol–water partition coefficient (Wildman–Crippen LogP) is 1.86. The zero-order valence-corrected chi connectivity index (χ0v) is 12.7. The van der Waals surface area contributed by atoms with Crippen LogP contribution in [0.5, 0.6) is 0 Å². The number of ether oxygens (including phenoxy) is 1. The van der Waals surface area contributed by atoms with E-state index in [2.05, 4.69) is 9.71 Å². The lowest BCUT2D eigenvalue weighted by Gasteiger charge is -2.12. The van der Waals surface area contributed by atoms with Crippen LogP contribution in [0.15, 0.2) is 35.4 Å². The highest BCUT2D eigenvalue weighted by atomic mass is 32.2. The van der Waals surface area contributed by atoms with Gasteiger partial charge in [-0.15, -0.1) is 0 Å². The summed E-state index contributed by atoms with van der Waals surface area (Å²) in [4.78, 5) is 4.52. The average Bonchev–Trinajstić information content (AvgIpc) is 2.97. The fourth-order valence-corrected chi connectivity index (χ4v) is 3.80. The van der Waals surface area contributed by atoms with Crippen molar-refractivity contribution in [2.24, 2.45) is 5.92 Å². The van der Waals surface area contributed by atoms with Gasteiger partial charge in [-0.25, -0.2) is 13.1 Å². The molecule has 21 heavy (non-hydrogen) atoms. The second-order valence-electron chi connectivity index (χ2n) is 5.42. The molecule has 6 heteroatoms. The van der Waals surface area contributed by atoms with Gasteiger partial charge in [0.1, 0.15) is 4.90 Å². The summed E-state index contributed by atoms with van der Waals surface area (Å²) in [5, 5.41) is 0.835. The number of benzene rings is 1. The molecule has 1 atom stereocenters. The third-order valence-electron chi connectivity index (χ3n) is 3.69. The third kappa shape index (κ3) is 3.07. The van der Waals surface area contributed by atoms with Gasteiger partial charge in [0.05, 0.1) is 12.1 Å². The standard InChI is InChI=1S/C15H18N2O3S/c1-11-7-13-3-2-4-14(15(13)16-8-11)21(18,19)17-9-12-5-6-20-10-12/h2-4,7-8,12,17H,5-6,9-10H2,1H3/t12-/m1/s1. The lowest BCUT2D eigenvalue weighted by Crippen LogP contribution is -2.29. The Morgan fingerprint density at radius 1 is 1.43 bits per heavy atom. The lowest BCUT2D eigenvalue weighted by atomic mass is 10.1. The molecule has 2 aromatic rings. The summed E-state index contributed by atoms with van der Waals surface area (Å²) in [6, 6.07) is 7.15. The van der Waals surface area contributed by atoms with E-state index in [-0.39, 0.29) is 10.8 Å². The first-order chi connectivity index (χ1) is 10.1. The summed E-state index contributed by atoms with van der Waals surface area (Å²) in [5.41, 5.74) is 1.52. The summed E-state index contributed by atoms with van der Waals surface area (Å²) < 4.78 is 32.9. The van der Waals surface area contributed by atoms with Gasteiger partial charge in [0.2, 0.25) is 10.0 Å². The number of nitrogens with one attached hydrogen (secondary N) is 1. The highest BCUT2D eigenvalue weighted by Crippen LogP contribution is 2.22. The molecule has 1 aromatic heterocycles. The minimum atomic E-state index is -3.56. The van der Waals surface area contributed by atoms with Crippen LogP contribution >= 0.6 is 0 Å². The van der Waals surface area contributed by atoms with Gasteiger partial charge in [0.25, 0.3) is 0 Å². The number of fused-ring (bicyclic) bond motifs is 1. The molecule has 0 aliphatic carbocycles. The van der Waals surface area contributed by atoms with E-state index in [0.717, 1.165) is 17.4 Å². The lowest BCUT2D eigenvalue weighted by molar-refractivity contribution is 0.186. The van der Waals surface area contributed by atoms with Crippen LogP contribution in [0.1, 0.15) is 12.0 Å². The molecule has 1 aliphatic heterocycles. The molecular formula is C15H18N2O3S. The van der Waals surface area contributed by atoms with Gasteiger partial charge in [0.15, 0.2) is 0 Å². The molecule has 0 radical (unpaired) electrons. The van der Waals surface area contributed by atoms with Crippen LogP contribution in [-0.2, 0) is 14.8 Å². The van der Waals surface area contributed by atoms with Crippen molar-refractivity contribution in [2.75, 3.05) is 19.8 Å². The summed E-state index contributed by atoms with van der Waals surface area (Å²) >= 11 is 0. The quantitative estimate of drug-likeness (QED) is 0.936. The number of para-hydroxylation sites is 1. The number of hydrogen-bond donors (Lipinski definition) is 1. The van der Waals surface area contributed by atoms with Crippen molar-refractivity contribution in [1.82, 2.24) is 9.71 Å². The van der Waals surface area contributed by atoms with Gasteiger partial charge in [0, 0.05) is 24.7 Å². The van der Waals surface area contributed by atoms with Gasteiger partial charge < -0.3 is 4.74 Å². The number of hydrogen-bond acceptors (Lipinski definition) is 4. The molecular weight excluding hydrogens is 288 g/mol. The Bertz CT molecular complexity index is 753. The van der Waals surface area contributed by atoms with Crippen LogP contribution in [0.3, 0.4) is 0 Å². The fraction of sp³-hybridized carbons (Fsp3) is 0.400. The Morgan fingerprint density at radius 2 is 2.29 bits per heavy atom. The van der Waals surface area contributed by atoms with E-state index in [1.165, 1.54) is 0 Å². The molecule has 1 saturated heterocycles. The first-order valence-electron chi connectivity index (χ1n) is 6.99. The first-order valence-corrected chi connectivity index (χ1v) is 8.47. The average molecular weight is 306 g/mol. The number of pyridine rings is 1. The monoisotopic (exact) mass is 306 g/mol. The second-order valence-corrected chi connectivity index (χ2v) is 7.16. The zero-order chi connectivity index (χ0) is 14.9. The fourth-order valence-electron chi connectivity index (χ4n) is 2.51. The van der Waals surface area contributed by atoms with E-state index >= 15 is 0 Å². The molecule has 0 amide bonds. The number of nitrogens with zero attached hydrogens (tertiary/aromatic N) is 1. The summed E-state index contributed by atoms with van der Waals surface area (Å²) in [6.45, 7) is 3.67. The van der Waals surface area contributed by atoms with Gasteiger partial charge in [-0.05, 0) is 37.0 Å². The van der Waals surface area contributed by atoms with Gasteiger partial charge >= 0.3 is 0 Å². The number of rotatable bonds is 4. The third-order valence-corrected chi connectivity index (χ3v) is 5.14. The molecule has 2 heterocycles. The summed E-state index contributed by atoms with van der Waals surface area (Å²) in [5.74, 6) is 0.255. The molecule has 1 N–H and O–H groups in total. The molecule has 0 unspecified atom stereocenters. The van der Waals surface area contributed by atoms with Crippen LogP contribution in [-0.4, -0.2) is 33.2 Å². The van der Waals surface area contributed by atoms with Crippen LogP contribution in [0.2, 0.25) is 0 Å². The van der Waals surface area contributed by atoms with Gasteiger partial charge in [-0.3, -0.25) is 4.98 Å². The van der Waals surface area contributed by atoms with E-state index in [9.17, 15) is 8.42 Å². The van der Waals surface area contributed by atoms with Crippen molar-refractivity contribution in [3.05, 3.63) is 36.0 Å². The summed E-state index contributed by atoms with van der Waals surface area (Å²) in [6.07, 6.45) is 2.58.